The molecule has 7 heteroatoms. The van der Waals surface area contributed by atoms with Gasteiger partial charge in [0.15, 0.2) is 15.6 Å². The number of nitrogens with zero attached hydrogens (tertiary/aromatic N) is 1. The summed E-state index contributed by atoms with van der Waals surface area (Å²) in [7, 11) is -3.86. The highest BCUT2D eigenvalue weighted by molar-refractivity contribution is 7.92. The molecule has 1 aromatic heterocycles. The first-order chi connectivity index (χ1) is 12.9. The van der Waals surface area contributed by atoms with Crippen LogP contribution in [0.1, 0.15) is 26.7 Å². The van der Waals surface area contributed by atoms with Crippen molar-refractivity contribution in [3.8, 4) is 0 Å². The number of pyridine rings is 1. The Morgan fingerprint density at radius 1 is 0.815 bits per heavy atom. The van der Waals surface area contributed by atoms with Gasteiger partial charge in [0, 0.05) is 28.0 Å². The lowest BCUT2D eigenvalue weighted by Crippen LogP contribution is -2.23. The number of benzene rings is 2. The summed E-state index contributed by atoms with van der Waals surface area (Å²) in [6, 6.07) is 16.1. The van der Waals surface area contributed by atoms with E-state index < -0.39 is 26.6 Å². The average Bonchev–Trinajstić information content (AvgIpc) is 2.65. The van der Waals surface area contributed by atoms with Crippen molar-refractivity contribution in [2.24, 2.45) is 0 Å². The maximum atomic E-state index is 13.2. The van der Waals surface area contributed by atoms with Crippen LogP contribution in [0.25, 0.3) is 0 Å². The molecule has 0 bridgehead atoms. The fourth-order valence-electron chi connectivity index (χ4n) is 2.77. The van der Waals surface area contributed by atoms with Crippen LogP contribution in [-0.4, -0.2) is 24.9 Å². The Morgan fingerprint density at radius 2 is 1.26 bits per heavy atom. The zero-order chi connectivity index (χ0) is 19.4. The van der Waals surface area contributed by atoms with Crippen LogP contribution in [0.15, 0.2) is 73.1 Å². The Bertz CT molecular complexity index is 989. The van der Waals surface area contributed by atoms with Crippen molar-refractivity contribution in [1.82, 2.24) is 4.98 Å². The molecule has 3 aromatic rings. The normalized spacial score (nSPS) is 11.5. The molecule has 4 nitrogen and oxygen atoms in total. The molecule has 0 amide bonds. The van der Waals surface area contributed by atoms with E-state index >= 15 is 0 Å². The first kappa shape index (κ1) is 19.5. The van der Waals surface area contributed by atoms with Gasteiger partial charge in [0.25, 0.3) is 0 Å². The molecule has 2 aromatic carbocycles. The Hall–Kier alpha value is -2.21. The summed E-state index contributed by atoms with van der Waals surface area (Å²) in [5.41, 5.74) is 1.37. The van der Waals surface area contributed by atoms with Gasteiger partial charge in [-0.3, -0.25) is 9.78 Å². The molecule has 0 saturated carbocycles. The zero-order valence-electron chi connectivity index (χ0n) is 14.0. The van der Waals surface area contributed by atoms with E-state index in [0.29, 0.717) is 26.7 Å². The largest absolute Gasteiger partial charge is 0.293 e. The number of halogens is 2. The summed E-state index contributed by atoms with van der Waals surface area (Å²) in [6.45, 7) is 0. The van der Waals surface area contributed by atoms with E-state index in [4.69, 9.17) is 23.2 Å². The number of aromatic nitrogens is 1. The van der Waals surface area contributed by atoms with Gasteiger partial charge in [0.2, 0.25) is 0 Å². The Morgan fingerprint density at radius 3 is 1.70 bits per heavy atom. The third-order valence-electron chi connectivity index (χ3n) is 4.04. The van der Waals surface area contributed by atoms with Gasteiger partial charge in [0.05, 0.1) is 0 Å². The number of Topliss-reactive ketones (excluding diaryl/α,β-unsaturated/α-hetero) is 1. The van der Waals surface area contributed by atoms with Gasteiger partial charge < -0.3 is 0 Å². The maximum Gasteiger partial charge on any atom is 0.178 e. The number of ketones is 1. The van der Waals surface area contributed by atoms with Gasteiger partial charge >= 0.3 is 0 Å². The number of sulfone groups is 1. The van der Waals surface area contributed by atoms with Crippen molar-refractivity contribution in [3.05, 3.63) is 99.8 Å². The van der Waals surface area contributed by atoms with E-state index in [1.165, 1.54) is 24.5 Å². The summed E-state index contributed by atoms with van der Waals surface area (Å²) in [4.78, 5) is 16.3. The van der Waals surface area contributed by atoms with Gasteiger partial charge in [-0.2, -0.15) is 0 Å². The first-order valence-corrected chi connectivity index (χ1v) is 10.5. The molecule has 0 radical (unpaired) electrons. The zero-order valence-corrected chi connectivity index (χ0v) is 16.4. The van der Waals surface area contributed by atoms with Crippen molar-refractivity contribution in [2.45, 2.75) is 5.25 Å². The van der Waals surface area contributed by atoms with Crippen LogP contribution in [0.2, 0.25) is 10.0 Å². The fraction of sp³-hybridized carbons (Fsp3) is 0.100. The highest BCUT2D eigenvalue weighted by atomic mass is 35.5. The van der Waals surface area contributed by atoms with Crippen LogP contribution in [-0.2, 0) is 9.84 Å². The van der Waals surface area contributed by atoms with Crippen LogP contribution >= 0.6 is 23.2 Å². The van der Waals surface area contributed by atoms with E-state index in [2.05, 4.69) is 4.98 Å². The monoisotopic (exact) mass is 419 g/mol. The molecule has 0 fully saturated rings. The Labute approximate surface area is 167 Å². The average molecular weight is 420 g/mol. The smallest absolute Gasteiger partial charge is 0.178 e. The molecular formula is C20H15Cl2NO3S. The van der Waals surface area contributed by atoms with E-state index in [1.807, 2.05) is 0 Å². The minimum Gasteiger partial charge on any atom is -0.293 e. The lowest BCUT2D eigenvalue weighted by atomic mass is 10.0. The summed E-state index contributed by atoms with van der Waals surface area (Å²) < 4.78 is 26.4. The van der Waals surface area contributed by atoms with Crippen molar-refractivity contribution in [3.63, 3.8) is 0 Å². The molecule has 0 spiro atoms. The quantitative estimate of drug-likeness (QED) is 0.539. The third kappa shape index (κ3) is 4.75. The molecule has 0 aliphatic heterocycles. The van der Waals surface area contributed by atoms with Crippen LogP contribution in [0.5, 0.6) is 0 Å². The van der Waals surface area contributed by atoms with Gasteiger partial charge in [-0.15, -0.1) is 0 Å². The number of rotatable bonds is 6. The van der Waals surface area contributed by atoms with Crippen LogP contribution < -0.4 is 0 Å². The van der Waals surface area contributed by atoms with E-state index in [9.17, 15) is 13.2 Å². The number of carbonyl (C=O) groups excluding carboxylic acids is 1. The van der Waals surface area contributed by atoms with E-state index in [0.717, 1.165) is 0 Å². The SMILES string of the molecule is O=C(CS(=O)(=O)C(c1ccc(Cl)cc1)c1ccc(Cl)cc1)c1ccncc1. The predicted octanol–water partition coefficient (Wildman–Crippen LogP) is 4.78. The lowest BCUT2D eigenvalue weighted by Gasteiger charge is -2.19. The van der Waals surface area contributed by atoms with Crippen molar-refractivity contribution in [2.75, 3.05) is 5.75 Å². The third-order valence-corrected chi connectivity index (χ3v) is 6.47. The fourth-order valence-corrected chi connectivity index (χ4v) is 4.86. The lowest BCUT2D eigenvalue weighted by molar-refractivity contribution is 0.102. The summed E-state index contributed by atoms with van der Waals surface area (Å²) in [5.74, 6) is -1.10. The summed E-state index contributed by atoms with van der Waals surface area (Å²) >= 11 is 11.9. The van der Waals surface area contributed by atoms with Crippen molar-refractivity contribution in [1.29, 1.82) is 0 Å². The number of hydrogen-bond acceptors (Lipinski definition) is 4. The van der Waals surface area contributed by atoms with Crippen molar-refractivity contribution >= 4 is 38.8 Å². The summed E-state index contributed by atoms with van der Waals surface area (Å²) in [5, 5.41) is -0.00412. The van der Waals surface area contributed by atoms with E-state index in [1.54, 1.807) is 48.5 Å². The van der Waals surface area contributed by atoms with Gasteiger partial charge in [0.1, 0.15) is 11.0 Å². The molecule has 1 heterocycles. The molecule has 27 heavy (non-hydrogen) atoms. The molecule has 3 rings (SSSR count). The molecule has 0 atom stereocenters. The van der Waals surface area contributed by atoms with Gasteiger partial charge in [-0.25, -0.2) is 8.42 Å². The standard InChI is InChI=1S/C20H15Cl2NO3S/c21-17-5-1-15(2-6-17)20(16-3-7-18(22)8-4-16)27(25,26)13-19(24)14-9-11-23-12-10-14/h1-12,20H,13H2. The molecule has 0 unspecified atom stereocenters. The second kappa shape index (κ2) is 8.21. The van der Waals surface area contributed by atoms with E-state index in [-0.39, 0.29) is 0 Å². The number of carbonyl (C=O) groups is 1. The maximum absolute atomic E-state index is 13.2. The molecule has 0 aliphatic carbocycles. The Kier molecular flexibility index (Phi) is 5.95. The topological polar surface area (TPSA) is 64.1 Å². The van der Waals surface area contributed by atoms with Gasteiger partial charge in [-0.05, 0) is 47.5 Å². The summed E-state index contributed by atoms with van der Waals surface area (Å²) in [6.07, 6.45) is 2.91. The van der Waals surface area contributed by atoms with Crippen LogP contribution in [0.4, 0.5) is 0 Å². The highest BCUT2D eigenvalue weighted by Gasteiger charge is 2.31. The van der Waals surface area contributed by atoms with Crippen LogP contribution in [0, 0.1) is 0 Å². The first-order valence-electron chi connectivity index (χ1n) is 8.02. The predicted molar refractivity (Wildman–Crippen MR) is 107 cm³/mol. The second-order valence-electron chi connectivity index (χ2n) is 5.95. The number of hydrogen-bond donors (Lipinski definition) is 0. The second-order valence-corrected chi connectivity index (χ2v) is 8.91. The molecule has 0 N–H and O–H groups in total. The van der Waals surface area contributed by atoms with Crippen LogP contribution in [0.3, 0.4) is 0 Å². The minimum atomic E-state index is -3.86. The minimum absolute atomic E-state index is 0.305. The molecule has 138 valence electrons. The highest BCUT2D eigenvalue weighted by Crippen LogP contribution is 2.32. The molecule has 0 aliphatic rings. The van der Waals surface area contributed by atoms with Crippen molar-refractivity contribution < 1.29 is 13.2 Å². The molecular weight excluding hydrogens is 405 g/mol. The van der Waals surface area contributed by atoms with Gasteiger partial charge in [-0.1, -0.05) is 47.5 Å². The Balaban J connectivity index is 2.02. The molecule has 0 saturated heterocycles.